The molecule has 2 aliphatic rings. The summed E-state index contributed by atoms with van der Waals surface area (Å²) in [7, 11) is -7.93. The van der Waals surface area contributed by atoms with Gasteiger partial charge in [0, 0.05) is 6.04 Å². The number of benzene rings is 2. The van der Waals surface area contributed by atoms with Crippen LogP contribution < -0.4 is 4.72 Å². The number of nitrogens with one attached hydrogen (secondary N) is 1. The lowest BCUT2D eigenvalue weighted by Gasteiger charge is -2.20. The Morgan fingerprint density at radius 1 is 1.00 bits per heavy atom. The number of aryl methyl sites for hydroxylation is 2. The standard InChI is InChI=1S/C22H26FNO4S2/c1-14(2)19-11-16-8-7-15-9-10-17(23)12-20(15)29(25,26)21(16)13-22(19)30(27,28)24-18-5-3-4-6-18/h9-14,18,24H,3-8H2,1-2H3. The van der Waals surface area contributed by atoms with Gasteiger partial charge in [0.2, 0.25) is 19.9 Å². The van der Waals surface area contributed by atoms with Gasteiger partial charge in [0.15, 0.2) is 0 Å². The van der Waals surface area contributed by atoms with E-state index in [1.54, 1.807) is 6.07 Å². The van der Waals surface area contributed by atoms with Crippen LogP contribution in [0.15, 0.2) is 45.0 Å². The second kappa shape index (κ2) is 7.73. The van der Waals surface area contributed by atoms with E-state index in [4.69, 9.17) is 0 Å². The molecular weight excluding hydrogens is 425 g/mol. The van der Waals surface area contributed by atoms with Gasteiger partial charge in [-0.05, 0) is 66.5 Å². The van der Waals surface area contributed by atoms with E-state index in [1.807, 2.05) is 13.8 Å². The Morgan fingerprint density at radius 3 is 2.30 bits per heavy atom. The van der Waals surface area contributed by atoms with Gasteiger partial charge in [-0.1, -0.05) is 38.8 Å². The van der Waals surface area contributed by atoms with Gasteiger partial charge in [0.25, 0.3) is 0 Å². The second-order valence-electron chi connectivity index (χ2n) is 8.51. The molecule has 1 heterocycles. The summed E-state index contributed by atoms with van der Waals surface area (Å²) in [6, 6.07) is 6.66. The molecule has 8 heteroatoms. The average Bonchev–Trinajstić information content (AvgIpc) is 3.14. The average molecular weight is 452 g/mol. The van der Waals surface area contributed by atoms with Crippen LogP contribution in [0.2, 0.25) is 0 Å². The van der Waals surface area contributed by atoms with E-state index in [-0.39, 0.29) is 26.6 Å². The van der Waals surface area contributed by atoms with Crippen LogP contribution in [0.25, 0.3) is 0 Å². The molecule has 0 saturated heterocycles. The van der Waals surface area contributed by atoms with Gasteiger partial charge in [-0.25, -0.2) is 25.9 Å². The number of sulfonamides is 1. The highest BCUT2D eigenvalue weighted by Crippen LogP contribution is 2.37. The quantitative estimate of drug-likeness (QED) is 0.759. The van der Waals surface area contributed by atoms with Gasteiger partial charge in [-0.3, -0.25) is 0 Å². The number of fused-ring (bicyclic) bond motifs is 2. The summed E-state index contributed by atoms with van der Waals surface area (Å²) in [5, 5.41) is 0. The zero-order valence-corrected chi connectivity index (χ0v) is 18.7. The molecule has 1 saturated carbocycles. The van der Waals surface area contributed by atoms with Crippen LogP contribution in [-0.2, 0) is 32.7 Å². The molecule has 1 N–H and O–H groups in total. The first-order valence-corrected chi connectivity index (χ1v) is 13.3. The van der Waals surface area contributed by atoms with Crippen LogP contribution in [0, 0.1) is 5.82 Å². The summed E-state index contributed by atoms with van der Waals surface area (Å²) < 4.78 is 69.8. The molecule has 30 heavy (non-hydrogen) atoms. The van der Waals surface area contributed by atoms with E-state index < -0.39 is 25.7 Å². The fraction of sp³-hybridized carbons (Fsp3) is 0.455. The number of rotatable bonds is 4. The third-order valence-electron chi connectivity index (χ3n) is 6.05. The van der Waals surface area contributed by atoms with Gasteiger partial charge in [-0.15, -0.1) is 0 Å². The molecule has 0 spiro atoms. The first-order chi connectivity index (χ1) is 14.1. The normalized spacial score (nSPS) is 18.8. The number of hydrogen-bond acceptors (Lipinski definition) is 4. The van der Waals surface area contributed by atoms with E-state index >= 15 is 0 Å². The predicted molar refractivity (Wildman–Crippen MR) is 112 cm³/mol. The molecule has 0 atom stereocenters. The highest BCUT2D eigenvalue weighted by atomic mass is 32.2. The summed E-state index contributed by atoms with van der Waals surface area (Å²) in [4.78, 5) is -0.111. The van der Waals surface area contributed by atoms with Crippen LogP contribution in [0.3, 0.4) is 0 Å². The third-order valence-corrected chi connectivity index (χ3v) is 9.55. The first-order valence-electron chi connectivity index (χ1n) is 10.3. The molecule has 2 aromatic rings. The summed E-state index contributed by atoms with van der Waals surface area (Å²) in [5.74, 6) is -0.730. The van der Waals surface area contributed by atoms with Crippen molar-refractivity contribution in [2.45, 2.75) is 79.0 Å². The third kappa shape index (κ3) is 3.81. The van der Waals surface area contributed by atoms with Crippen molar-refractivity contribution >= 4 is 19.9 Å². The molecule has 2 aromatic carbocycles. The topological polar surface area (TPSA) is 80.3 Å². The molecule has 162 valence electrons. The minimum atomic E-state index is -4.05. The Kier molecular flexibility index (Phi) is 5.53. The lowest BCUT2D eigenvalue weighted by atomic mass is 9.97. The van der Waals surface area contributed by atoms with Crippen molar-refractivity contribution in [2.75, 3.05) is 0 Å². The Labute approximate surface area is 177 Å². The maximum atomic E-state index is 13.8. The molecule has 4 rings (SSSR count). The number of sulfone groups is 1. The van der Waals surface area contributed by atoms with Crippen molar-refractivity contribution in [3.63, 3.8) is 0 Å². The Balaban J connectivity index is 1.90. The van der Waals surface area contributed by atoms with Gasteiger partial charge >= 0.3 is 0 Å². The smallest absolute Gasteiger partial charge is 0.218 e. The van der Waals surface area contributed by atoms with Gasteiger partial charge in [-0.2, -0.15) is 0 Å². The van der Waals surface area contributed by atoms with Gasteiger partial charge < -0.3 is 0 Å². The maximum Gasteiger partial charge on any atom is 0.241 e. The van der Waals surface area contributed by atoms with E-state index in [0.29, 0.717) is 29.5 Å². The number of hydrogen-bond donors (Lipinski definition) is 1. The number of halogens is 1. The van der Waals surface area contributed by atoms with Crippen molar-refractivity contribution in [3.8, 4) is 0 Å². The molecule has 0 bridgehead atoms. The molecule has 1 fully saturated rings. The lowest BCUT2D eigenvalue weighted by molar-refractivity contribution is 0.550. The zero-order chi connectivity index (χ0) is 21.7. The van der Waals surface area contributed by atoms with E-state index in [9.17, 15) is 21.2 Å². The molecule has 0 aromatic heterocycles. The molecule has 5 nitrogen and oxygen atoms in total. The van der Waals surface area contributed by atoms with Crippen LogP contribution >= 0.6 is 0 Å². The lowest BCUT2D eigenvalue weighted by Crippen LogP contribution is -2.33. The van der Waals surface area contributed by atoms with Crippen LogP contribution in [-0.4, -0.2) is 22.9 Å². The second-order valence-corrected chi connectivity index (χ2v) is 12.1. The van der Waals surface area contributed by atoms with Crippen molar-refractivity contribution in [2.24, 2.45) is 0 Å². The fourth-order valence-corrected chi connectivity index (χ4v) is 8.01. The minimum Gasteiger partial charge on any atom is -0.218 e. The summed E-state index contributed by atoms with van der Waals surface area (Å²) in [5.41, 5.74) is 1.73. The molecule has 0 unspecified atom stereocenters. The van der Waals surface area contributed by atoms with Gasteiger partial charge in [0.05, 0.1) is 14.7 Å². The van der Waals surface area contributed by atoms with Crippen LogP contribution in [0.4, 0.5) is 4.39 Å². The van der Waals surface area contributed by atoms with Crippen LogP contribution in [0.1, 0.15) is 62.1 Å². The van der Waals surface area contributed by atoms with E-state index in [0.717, 1.165) is 31.7 Å². The highest BCUT2D eigenvalue weighted by Gasteiger charge is 2.33. The molecule has 1 aliphatic heterocycles. The first kappa shape index (κ1) is 21.5. The summed E-state index contributed by atoms with van der Waals surface area (Å²) in [6.45, 7) is 3.79. The van der Waals surface area contributed by atoms with E-state index in [1.165, 1.54) is 18.2 Å². The fourth-order valence-electron chi connectivity index (χ4n) is 4.45. The molecule has 0 radical (unpaired) electrons. The van der Waals surface area contributed by atoms with Crippen molar-refractivity contribution in [1.82, 2.24) is 4.72 Å². The zero-order valence-electron chi connectivity index (χ0n) is 17.1. The molecule has 1 aliphatic carbocycles. The predicted octanol–water partition coefficient (Wildman–Crippen LogP) is 4.10. The summed E-state index contributed by atoms with van der Waals surface area (Å²) in [6.07, 6.45) is 4.42. The van der Waals surface area contributed by atoms with Crippen molar-refractivity contribution < 1.29 is 21.2 Å². The Morgan fingerprint density at radius 2 is 1.63 bits per heavy atom. The monoisotopic (exact) mass is 451 g/mol. The SMILES string of the molecule is CC(C)c1cc2c(cc1S(=O)(=O)NC1CCCC1)S(=O)(=O)c1cc(F)ccc1CC2. The van der Waals surface area contributed by atoms with Crippen molar-refractivity contribution in [3.05, 3.63) is 52.8 Å². The Bertz CT molecular complexity index is 1200. The minimum absolute atomic E-state index is 0.00609. The molecule has 0 amide bonds. The van der Waals surface area contributed by atoms with E-state index in [2.05, 4.69) is 4.72 Å². The Hall–Kier alpha value is -1.77. The summed E-state index contributed by atoms with van der Waals surface area (Å²) >= 11 is 0. The van der Waals surface area contributed by atoms with Crippen LogP contribution in [0.5, 0.6) is 0 Å². The maximum absolute atomic E-state index is 13.8. The molecular formula is C22H26FNO4S2. The largest absolute Gasteiger partial charge is 0.241 e. The highest BCUT2D eigenvalue weighted by molar-refractivity contribution is 7.92. The van der Waals surface area contributed by atoms with Crippen molar-refractivity contribution in [1.29, 1.82) is 0 Å². The van der Waals surface area contributed by atoms with Gasteiger partial charge in [0.1, 0.15) is 5.82 Å².